The van der Waals surface area contributed by atoms with Gasteiger partial charge < -0.3 is 9.84 Å². The first-order valence-electron chi connectivity index (χ1n) is 4.81. The summed E-state index contributed by atoms with van der Waals surface area (Å²) in [5.74, 6) is -0.134. The van der Waals surface area contributed by atoms with Crippen molar-refractivity contribution in [3.8, 4) is 0 Å². The van der Waals surface area contributed by atoms with Crippen LogP contribution >= 0.6 is 0 Å². The van der Waals surface area contributed by atoms with Gasteiger partial charge in [0, 0.05) is 13.2 Å². The van der Waals surface area contributed by atoms with Crippen molar-refractivity contribution in [2.75, 3.05) is 13.2 Å². The van der Waals surface area contributed by atoms with E-state index in [-0.39, 0.29) is 19.1 Å². The molecule has 0 saturated carbocycles. The zero-order valence-electron chi connectivity index (χ0n) is 9.65. The zero-order chi connectivity index (χ0) is 12.1. The minimum atomic E-state index is -0.727. The highest BCUT2D eigenvalue weighted by atomic mass is 16.6. The number of carbonyl (C=O) groups excluding carboxylic acids is 1. The maximum absolute atomic E-state index is 11.1. The van der Waals surface area contributed by atoms with Gasteiger partial charge in [0.05, 0.1) is 0 Å². The van der Waals surface area contributed by atoms with Gasteiger partial charge >= 0.3 is 6.09 Å². The number of aliphatic hydroxyl groups excluding tert-OH is 1. The van der Waals surface area contributed by atoms with Crippen LogP contribution in [0.5, 0.6) is 0 Å². The minimum absolute atomic E-state index is 0.0624. The van der Waals surface area contributed by atoms with Crippen LogP contribution < -0.4 is 5.43 Å². The van der Waals surface area contributed by atoms with Crippen molar-refractivity contribution in [3.05, 3.63) is 0 Å². The molecule has 0 bridgehead atoms. The highest BCUT2D eigenvalue weighted by Gasteiger charge is 2.18. The summed E-state index contributed by atoms with van der Waals surface area (Å²) in [5, 5.41) is 18.6. The monoisotopic (exact) mass is 220 g/mol. The Hall–Kier alpha value is -0.850. The lowest BCUT2D eigenvalue weighted by Gasteiger charge is -2.23. The van der Waals surface area contributed by atoms with Gasteiger partial charge in [0.1, 0.15) is 5.60 Å². The first-order chi connectivity index (χ1) is 6.74. The van der Waals surface area contributed by atoms with E-state index in [1.165, 1.54) is 0 Å². The number of rotatable bonds is 4. The summed E-state index contributed by atoms with van der Waals surface area (Å²) in [4.78, 5) is 11.1. The maximum atomic E-state index is 11.1. The smallest absolute Gasteiger partial charge is 0.424 e. The lowest BCUT2D eigenvalue weighted by molar-refractivity contribution is -0.143. The quantitative estimate of drug-likeness (QED) is 0.609. The summed E-state index contributed by atoms with van der Waals surface area (Å²) >= 11 is 0. The molecule has 0 heterocycles. The Labute approximate surface area is 89.8 Å². The lowest BCUT2D eigenvalue weighted by atomic mass is 10.2. The average molecular weight is 220 g/mol. The van der Waals surface area contributed by atoms with Crippen molar-refractivity contribution >= 4 is 6.09 Å². The number of hydroxylamine groups is 1. The Balaban J connectivity index is 3.87. The van der Waals surface area contributed by atoms with Crippen LogP contribution in [0.1, 0.15) is 27.7 Å². The second-order valence-corrected chi connectivity index (χ2v) is 4.48. The van der Waals surface area contributed by atoms with Gasteiger partial charge in [0.25, 0.3) is 0 Å². The Kier molecular flexibility index (Phi) is 5.56. The molecule has 0 aromatic rings. The fourth-order valence-electron chi connectivity index (χ4n) is 0.805. The first kappa shape index (κ1) is 14.2. The van der Waals surface area contributed by atoms with E-state index in [4.69, 9.17) is 9.84 Å². The van der Waals surface area contributed by atoms with Crippen LogP contribution in [0.2, 0.25) is 0 Å². The molecule has 6 heteroatoms. The number of hydrogen-bond acceptors (Lipinski definition) is 5. The van der Waals surface area contributed by atoms with Crippen molar-refractivity contribution in [2.45, 2.75) is 33.3 Å². The third-order valence-corrected chi connectivity index (χ3v) is 1.42. The molecular weight excluding hydrogens is 200 g/mol. The van der Waals surface area contributed by atoms with Gasteiger partial charge in [-0.3, -0.25) is 5.21 Å². The highest BCUT2D eigenvalue weighted by Crippen LogP contribution is 2.06. The van der Waals surface area contributed by atoms with E-state index in [2.05, 4.69) is 5.43 Å². The second-order valence-electron chi connectivity index (χ2n) is 4.48. The van der Waals surface area contributed by atoms with Crippen LogP contribution in [-0.4, -0.2) is 40.3 Å². The van der Waals surface area contributed by atoms with Crippen molar-refractivity contribution in [2.24, 2.45) is 5.92 Å². The normalized spacial score (nSPS) is 13.8. The van der Waals surface area contributed by atoms with Crippen LogP contribution in [0.4, 0.5) is 4.79 Å². The van der Waals surface area contributed by atoms with Gasteiger partial charge in [0.15, 0.2) is 0 Å². The number of carbonyl (C=O) groups is 1. The predicted octanol–water partition coefficient (Wildman–Crippen LogP) is 0.746. The van der Waals surface area contributed by atoms with E-state index in [1.54, 1.807) is 27.7 Å². The largest absolute Gasteiger partial charge is 0.443 e. The molecule has 0 aromatic heterocycles. The molecule has 3 N–H and O–H groups in total. The average Bonchev–Trinajstić information content (AvgIpc) is 1.99. The number of nitrogens with zero attached hydrogens (tertiary/aromatic N) is 1. The summed E-state index contributed by atoms with van der Waals surface area (Å²) in [6.45, 7) is 6.99. The van der Waals surface area contributed by atoms with Gasteiger partial charge in [0.2, 0.25) is 0 Å². The number of aliphatic hydroxyl groups is 1. The molecule has 90 valence electrons. The summed E-state index contributed by atoms with van der Waals surface area (Å²) in [7, 11) is 0. The Bertz CT molecular complexity index is 203. The third-order valence-electron chi connectivity index (χ3n) is 1.42. The first-order valence-corrected chi connectivity index (χ1v) is 4.81. The van der Waals surface area contributed by atoms with E-state index >= 15 is 0 Å². The molecule has 0 saturated heterocycles. The molecule has 0 rings (SSSR count). The zero-order valence-corrected chi connectivity index (χ0v) is 9.65. The van der Waals surface area contributed by atoms with E-state index in [0.717, 1.165) is 0 Å². The van der Waals surface area contributed by atoms with E-state index in [9.17, 15) is 10.0 Å². The summed E-state index contributed by atoms with van der Waals surface area (Å²) in [5.41, 5.74) is 1.51. The summed E-state index contributed by atoms with van der Waals surface area (Å²) in [6.07, 6.45) is -0.727. The lowest BCUT2D eigenvalue weighted by Crippen LogP contribution is -2.44. The van der Waals surface area contributed by atoms with Crippen molar-refractivity contribution < 1.29 is 19.8 Å². The number of hydrogen-bond donors (Lipinski definition) is 3. The van der Waals surface area contributed by atoms with Crippen molar-refractivity contribution in [1.29, 1.82) is 0 Å². The molecule has 0 fully saturated rings. The Morgan fingerprint density at radius 1 is 1.53 bits per heavy atom. The van der Waals surface area contributed by atoms with E-state index in [1.807, 2.05) is 0 Å². The molecule has 6 nitrogen and oxygen atoms in total. The fraction of sp³-hybridized carbons (Fsp3) is 0.889. The van der Waals surface area contributed by atoms with Crippen molar-refractivity contribution in [1.82, 2.24) is 10.6 Å². The summed E-state index contributed by atoms with van der Waals surface area (Å²) in [6, 6.07) is 0. The van der Waals surface area contributed by atoms with Crippen LogP contribution in [0, 0.1) is 5.92 Å². The van der Waals surface area contributed by atoms with Gasteiger partial charge in [-0.1, -0.05) is 12.1 Å². The molecular formula is C9H20N2O4. The summed E-state index contributed by atoms with van der Waals surface area (Å²) < 4.78 is 4.91. The van der Waals surface area contributed by atoms with Gasteiger partial charge in [-0.15, -0.1) is 0 Å². The topological polar surface area (TPSA) is 82.0 Å². The molecule has 0 radical (unpaired) electrons. The SMILES string of the molecule is CC(CO)CN(O)NC(=O)OC(C)(C)C. The predicted molar refractivity (Wildman–Crippen MR) is 54.1 cm³/mol. The molecule has 0 aliphatic carbocycles. The van der Waals surface area contributed by atoms with Crippen LogP contribution in [0.15, 0.2) is 0 Å². The Morgan fingerprint density at radius 2 is 2.07 bits per heavy atom. The van der Waals surface area contributed by atoms with Crippen LogP contribution in [0.25, 0.3) is 0 Å². The highest BCUT2D eigenvalue weighted by molar-refractivity contribution is 5.66. The second kappa shape index (κ2) is 5.89. The molecule has 15 heavy (non-hydrogen) atoms. The molecule has 0 spiro atoms. The fourth-order valence-corrected chi connectivity index (χ4v) is 0.805. The van der Waals surface area contributed by atoms with Gasteiger partial charge in [-0.2, -0.15) is 0 Å². The van der Waals surface area contributed by atoms with Crippen molar-refractivity contribution in [3.63, 3.8) is 0 Å². The minimum Gasteiger partial charge on any atom is -0.443 e. The third kappa shape index (κ3) is 8.17. The Morgan fingerprint density at radius 3 is 2.47 bits per heavy atom. The van der Waals surface area contributed by atoms with Gasteiger partial charge in [-0.25, -0.2) is 10.2 Å². The standard InChI is InChI=1S/C9H20N2O4/c1-7(6-12)5-11(14)10-8(13)15-9(2,3)4/h7,12,14H,5-6H2,1-4H3,(H,10,13). The molecule has 0 aromatic carbocycles. The number of ether oxygens (including phenoxy) is 1. The van der Waals surface area contributed by atoms with E-state index in [0.29, 0.717) is 5.17 Å². The van der Waals surface area contributed by atoms with E-state index < -0.39 is 11.7 Å². The molecule has 1 amide bonds. The maximum Gasteiger partial charge on any atom is 0.424 e. The number of hydrazine groups is 1. The number of amides is 1. The molecule has 0 aliphatic rings. The van der Waals surface area contributed by atoms with Crippen LogP contribution in [-0.2, 0) is 4.74 Å². The van der Waals surface area contributed by atoms with Crippen LogP contribution in [0.3, 0.4) is 0 Å². The van der Waals surface area contributed by atoms with Gasteiger partial charge in [-0.05, 0) is 26.7 Å². The molecule has 0 aliphatic heterocycles. The molecule has 1 unspecified atom stereocenters. The number of nitrogens with one attached hydrogen (secondary N) is 1. The molecule has 1 atom stereocenters.